The molecule has 0 bridgehead atoms. The summed E-state index contributed by atoms with van der Waals surface area (Å²) in [7, 11) is 1.82. The predicted molar refractivity (Wildman–Crippen MR) is 111 cm³/mol. The minimum atomic E-state index is -0.000185. The molecule has 5 nitrogen and oxygen atoms in total. The first-order valence-electron chi connectivity index (χ1n) is 9.68. The molecule has 0 unspecified atom stereocenters. The molecule has 5 heteroatoms. The van der Waals surface area contributed by atoms with Crippen LogP contribution < -0.4 is 10.6 Å². The van der Waals surface area contributed by atoms with E-state index in [4.69, 9.17) is 4.98 Å². The van der Waals surface area contributed by atoms with Crippen molar-refractivity contribution in [3.8, 4) is 0 Å². The first-order valence-corrected chi connectivity index (χ1v) is 9.68. The van der Waals surface area contributed by atoms with Crippen molar-refractivity contribution in [1.29, 1.82) is 0 Å². The van der Waals surface area contributed by atoms with Gasteiger partial charge >= 0.3 is 5.69 Å². The fraction of sp³-hybridized carbons (Fsp3) is 0.455. The molecule has 1 aliphatic rings. The molecule has 0 saturated heterocycles. The molecular formula is C22H28N4O. The highest BCUT2D eigenvalue weighted by Gasteiger charge is 2.23. The maximum Gasteiger partial charge on any atom is 0.330 e. The third kappa shape index (κ3) is 3.05. The van der Waals surface area contributed by atoms with Crippen LogP contribution in [0.5, 0.6) is 0 Å². The summed E-state index contributed by atoms with van der Waals surface area (Å²) in [6, 6.07) is 10.6. The number of hydrogen-bond donors (Lipinski definition) is 0. The van der Waals surface area contributed by atoms with Crippen LogP contribution in [-0.4, -0.2) is 20.7 Å². The molecule has 3 heterocycles. The van der Waals surface area contributed by atoms with Gasteiger partial charge in [-0.1, -0.05) is 39.0 Å². The maximum absolute atomic E-state index is 12.8. The Morgan fingerprint density at radius 2 is 1.93 bits per heavy atom. The lowest BCUT2D eigenvalue weighted by Crippen LogP contribution is -2.27. The molecule has 27 heavy (non-hydrogen) atoms. The highest BCUT2D eigenvalue weighted by molar-refractivity contribution is 5.77. The quantitative estimate of drug-likeness (QED) is 0.685. The Morgan fingerprint density at radius 1 is 1.15 bits per heavy atom. The Labute approximate surface area is 160 Å². The summed E-state index contributed by atoms with van der Waals surface area (Å²) < 4.78 is 3.52. The van der Waals surface area contributed by atoms with E-state index in [2.05, 4.69) is 62.9 Å². The Balaban J connectivity index is 1.85. The van der Waals surface area contributed by atoms with Crippen LogP contribution in [0.1, 0.15) is 38.3 Å². The fourth-order valence-electron chi connectivity index (χ4n) is 4.12. The van der Waals surface area contributed by atoms with Crippen molar-refractivity contribution in [2.75, 3.05) is 11.4 Å². The van der Waals surface area contributed by atoms with Gasteiger partial charge in [0.2, 0.25) is 0 Å². The van der Waals surface area contributed by atoms with Crippen molar-refractivity contribution in [1.82, 2.24) is 14.1 Å². The van der Waals surface area contributed by atoms with Crippen LogP contribution in [-0.2, 0) is 20.0 Å². The smallest absolute Gasteiger partial charge is 0.326 e. The molecule has 0 fully saturated rings. The van der Waals surface area contributed by atoms with Crippen molar-refractivity contribution < 1.29 is 0 Å². The van der Waals surface area contributed by atoms with Crippen LogP contribution in [0.15, 0.2) is 35.1 Å². The van der Waals surface area contributed by atoms with Gasteiger partial charge < -0.3 is 4.90 Å². The summed E-state index contributed by atoms with van der Waals surface area (Å²) in [5, 5.41) is 0. The molecule has 4 rings (SSSR count). The molecule has 0 spiro atoms. The summed E-state index contributed by atoms with van der Waals surface area (Å²) >= 11 is 0. The lowest BCUT2D eigenvalue weighted by Gasteiger charge is -2.32. The number of aryl methyl sites for hydroxylation is 3. The van der Waals surface area contributed by atoms with E-state index in [-0.39, 0.29) is 11.1 Å². The van der Waals surface area contributed by atoms with Crippen molar-refractivity contribution >= 4 is 22.7 Å². The van der Waals surface area contributed by atoms with E-state index in [0.717, 1.165) is 36.4 Å². The Bertz CT molecular complexity index is 1070. The van der Waals surface area contributed by atoms with Crippen LogP contribution in [0.25, 0.3) is 11.2 Å². The van der Waals surface area contributed by atoms with E-state index in [1.807, 2.05) is 11.6 Å². The van der Waals surface area contributed by atoms with Crippen LogP contribution in [0.3, 0.4) is 0 Å². The van der Waals surface area contributed by atoms with Gasteiger partial charge in [0, 0.05) is 25.8 Å². The second-order valence-electron chi connectivity index (χ2n) is 8.84. The number of rotatable bonds is 2. The number of nitrogens with zero attached hydrogens (tertiary/aromatic N) is 4. The van der Waals surface area contributed by atoms with Gasteiger partial charge in [-0.15, -0.1) is 0 Å². The van der Waals surface area contributed by atoms with E-state index >= 15 is 0 Å². The Hall–Kier alpha value is -2.56. The van der Waals surface area contributed by atoms with E-state index in [1.54, 1.807) is 4.57 Å². The topological polar surface area (TPSA) is 43.1 Å². The minimum Gasteiger partial charge on any atom is -0.326 e. The lowest BCUT2D eigenvalue weighted by molar-refractivity contribution is 0.342. The predicted octanol–water partition coefficient (Wildman–Crippen LogP) is 4.17. The first-order chi connectivity index (χ1) is 12.8. The van der Waals surface area contributed by atoms with Crippen molar-refractivity contribution in [2.24, 2.45) is 12.5 Å². The van der Waals surface area contributed by atoms with Crippen molar-refractivity contribution in [3.63, 3.8) is 0 Å². The van der Waals surface area contributed by atoms with E-state index in [9.17, 15) is 4.79 Å². The third-order valence-electron chi connectivity index (χ3n) is 5.29. The summed E-state index contributed by atoms with van der Waals surface area (Å²) in [6.07, 6.45) is 2.22. The number of hydrogen-bond acceptors (Lipinski definition) is 3. The SMILES string of the molecule is Cc1cccc2c1N(c1ccc3c(n1)n(C)c(=O)n3CC(C)(C)C)CCC2. The van der Waals surface area contributed by atoms with E-state index in [0.29, 0.717) is 6.54 Å². The van der Waals surface area contributed by atoms with Crippen LogP contribution >= 0.6 is 0 Å². The van der Waals surface area contributed by atoms with Gasteiger partial charge in [-0.05, 0) is 48.4 Å². The van der Waals surface area contributed by atoms with E-state index < -0.39 is 0 Å². The average molecular weight is 364 g/mol. The highest BCUT2D eigenvalue weighted by Crippen LogP contribution is 2.35. The van der Waals surface area contributed by atoms with Gasteiger partial charge in [-0.3, -0.25) is 9.13 Å². The fourth-order valence-corrected chi connectivity index (χ4v) is 4.12. The van der Waals surface area contributed by atoms with Crippen molar-refractivity contribution in [2.45, 2.75) is 47.1 Å². The normalized spacial score (nSPS) is 14.6. The van der Waals surface area contributed by atoms with Crippen LogP contribution in [0, 0.1) is 12.3 Å². The number of anilines is 2. The molecule has 0 aliphatic carbocycles. The molecule has 0 radical (unpaired) electrons. The standard InChI is InChI=1S/C22H28N4O/c1-15-8-6-9-16-10-7-13-25(19(15)16)18-12-11-17-20(23-18)24(5)21(27)26(17)14-22(2,3)4/h6,8-9,11-12H,7,10,13-14H2,1-5H3. The van der Waals surface area contributed by atoms with Gasteiger partial charge in [0.25, 0.3) is 0 Å². The maximum atomic E-state index is 12.8. The zero-order valence-electron chi connectivity index (χ0n) is 16.9. The van der Waals surface area contributed by atoms with Crippen molar-refractivity contribution in [3.05, 3.63) is 51.9 Å². The second kappa shape index (κ2) is 6.25. The van der Waals surface area contributed by atoms with Gasteiger partial charge in [0.15, 0.2) is 5.65 Å². The lowest BCUT2D eigenvalue weighted by atomic mass is 9.97. The zero-order valence-corrected chi connectivity index (χ0v) is 16.9. The van der Waals surface area contributed by atoms with Gasteiger partial charge in [0.05, 0.1) is 5.52 Å². The average Bonchev–Trinajstić information content (AvgIpc) is 2.85. The second-order valence-corrected chi connectivity index (χ2v) is 8.84. The first kappa shape index (κ1) is 17.8. The molecule has 0 amide bonds. The molecular weight excluding hydrogens is 336 g/mol. The van der Waals surface area contributed by atoms with E-state index in [1.165, 1.54) is 16.8 Å². The number of para-hydroxylation sites is 1. The van der Waals surface area contributed by atoms with Gasteiger partial charge in [0.1, 0.15) is 5.82 Å². The summed E-state index contributed by atoms with van der Waals surface area (Å²) in [4.78, 5) is 20.0. The molecule has 142 valence electrons. The molecule has 0 saturated carbocycles. The van der Waals surface area contributed by atoms with Gasteiger partial charge in [-0.25, -0.2) is 9.78 Å². The largest absolute Gasteiger partial charge is 0.330 e. The molecule has 3 aromatic rings. The number of pyridine rings is 1. The summed E-state index contributed by atoms with van der Waals surface area (Å²) in [6.45, 7) is 10.2. The minimum absolute atomic E-state index is 0.000185. The summed E-state index contributed by atoms with van der Waals surface area (Å²) in [5.41, 5.74) is 5.61. The molecule has 1 aromatic carbocycles. The molecule has 1 aliphatic heterocycles. The molecule has 0 N–H and O–H groups in total. The molecule has 2 aromatic heterocycles. The Kier molecular flexibility index (Phi) is 4.13. The van der Waals surface area contributed by atoms with Crippen LogP contribution in [0.2, 0.25) is 0 Å². The zero-order chi connectivity index (χ0) is 19.3. The monoisotopic (exact) mass is 364 g/mol. The van der Waals surface area contributed by atoms with Crippen LogP contribution in [0.4, 0.5) is 11.5 Å². The Morgan fingerprint density at radius 3 is 2.67 bits per heavy atom. The summed E-state index contributed by atoms with van der Waals surface area (Å²) in [5.74, 6) is 0.918. The van der Waals surface area contributed by atoms with Gasteiger partial charge in [-0.2, -0.15) is 0 Å². The third-order valence-corrected chi connectivity index (χ3v) is 5.29. The number of imidazole rings is 1. The molecule has 0 atom stereocenters. The number of aromatic nitrogens is 3. The highest BCUT2D eigenvalue weighted by atomic mass is 16.1. The number of benzene rings is 1. The number of fused-ring (bicyclic) bond motifs is 2.